The molecule has 1 aromatic rings. The Balaban J connectivity index is 1.45. The highest BCUT2D eigenvalue weighted by molar-refractivity contribution is 5.95. The third-order valence-corrected chi connectivity index (χ3v) is 4.89. The van der Waals surface area contributed by atoms with Crippen LogP contribution in [0.1, 0.15) is 19.3 Å². The van der Waals surface area contributed by atoms with Crippen molar-refractivity contribution >= 4 is 23.3 Å². The molecule has 1 atom stereocenters. The maximum atomic E-state index is 13.2. The third-order valence-electron chi connectivity index (χ3n) is 4.89. The van der Waals surface area contributed by atoms with Crippen LogP contribution >= 0.6 is 0 Å². The molecule has 0 bridgehead atoms. The summed E-state index contributed by atoms with van der Waals surface area (Å²) in [7, 11) is 2.06. The van der Waals surface area contributed by atoms with Gasteiger partial charge in [-0.25, -0.2) is 13.6 Å². The third kappa shape index (κ3) is 5.61. The first kappa shape index (κ1) is 19.5. The van der Waals surface area contributed by atoms with Crippen molar-refractivity contribution in [1.82, 2.24) is 15.5 Å². The lowest BCUT2D eigenvalue weighted by molar-refractivity contribution is -0.118. The average molecular weight is 381 g/mol. The molecule has 27 heavy (non-hydrogen) atoms. The monoisotopic (exact) mass is 381 g/mol. The van der Waals surface area contributed by atoms with Crippen molar-refractivity contribution < 1.29 is 18.4 Å². The number of hydrogen-bond acceptors (Lipinski definition) is 4. The molecule has 9 heteroatoms. The Morgan fingerprint density at radius 1 is 1.11 bits per heavy atom. The van der Waals surface area contributed by atoms with Crippen molar-refractivity contribution in [1.29, 1.82) is 0 Å². The summed E-state index contributed by atoms with van der Waals surface area (Å²) >= 11 is 0. The zero-order valence-corrected chi connectivity index (χ0v) is 15.2. The molecule has 2 heterocycles. The maximum absolute atomic E-state index is 13.2. The van der Waals surface area contributed by atoms with Crippen LogP contribution in [-0.4, -0.2) is 61.5 Å². The van der Waals surface area contributed by atoms with E-state index in [0.717, 1.165) is 25.9 Å². The lowest BCUT2D eigenvalue weighted by Crippen LogP contribution is -2.44. The lowest BCUT2D eigenvalue weighted by atomic mass is 10.1. The number of benzene rings is 1. The standard InChI is InChI=1S/C18H25F2N5O2/c1-25-8-6-14(7-9-25)24-17(27)23-13-4-2-12(3-5-13)22-16(26)15-10-18(19,20)11-21-15/h2-5,14-15,21H,6-11H2,1H3,(H,22,26)(H2,23,24,27). The molecule has 0 aromatic heterocycles. The quantitative estimate of drug-likeness (QED) is 0.641. The number of nitrogens with one attached hydrogen (secondary N) is 4. The number of amides is 3. The summed E-state index contributed by atoms with van der Waals surface area (Å²) < 4.78 is 26.3. The van der Waals surface area contributed by atoms with Crippen LogP contribution < -0.4 is 21.3 Å². The van der Waals surface area contributed by atoms with Crippen molar-refractivity contribution in [2.75, 3.05) is 37.3 Å². The van der Waals surface area contributed by atoms with Crippen molar-refractivity contribution in [2.45, 2.75) is 37.3 Å². The molecule has 2 fully saturated rings. The van der Waals surface area contributed by atoms with Gasteiger partial charge in [-0.3, -0.25) is 10.1 Å². The SMILES string of the molecule is CN1CCC(NC(=O)Nc2ccc(NC(=O)C3CC(F)(F)CN3)cc2)CC1. The van der Waals surface area contributed by atoms with Gasteiger partial charge in [0.15, 0.2) is 0 Å². The molecule has 1 unspecified atom stereocenters. The Morgan fingerprint density at radius 3 is 2.26 bits per heavy atom. The molecule has 0 spiro atoms. The first-order valence-corrected chi connectivity index (χ1v) is 9.09. The number of alkyl halides is 2. The number of anilines is 2. The van der Waals surface area contributed by atoms with Crippen LogP contribution in [0.4, 0.5) is 25.0 Å². The van der Waals surface area contributed by atoms with Gasteiger partial charge in [-0.15, -0.1) is 0 Å². The highest BCUT2D eigenvalue weighted by Crippen LogP contribution is 2.26. The number of carbonyl (C=O) groups is 2. The van der Waals surface area contributed by atoms with Gasteiger partial charge in [0.1, 0.15) is 0 Å². The molecule has 0 radical (unpaired) electrons. The van der Waals surface area contributed by atoms with Gasteiger partial charge in [0.2, 0.25) is 5.91 Å². The lowest BCUT2D eigenvalue weighted by Gasteiger charge is -2.29. The fourth-order valence-corrected chi connectivity index (χ4v) is 3.27. The number of halogens is 2. The van der Waals surface area contributed by atoms with Crippen molar-refractivity contribution in [3.05, 3.63) is 24.3 Å². The van der Waals surface area contributed by atoms with Crippen LogP contribution in [0.5, 0.6) is 0 Å². The number of likely N-dealkylation sites (tertiary alicyclic amines) is 1. The van der Waals surface area contributed by atoms with E-state index in [2.05, 4.69) is 33.2 Å². The van der Waals surface area contributed by atoms with Gasteiger partial charge in [-0.05, 0) is 57.2 Å². The number of nitrogens with zero attached hydrogens (tertiary/aromatic N) is 1. The second kappa shape index (κ2) is 8.18. The molecule has 2 aliphatic rings. The van der Waals surface area contributed by atoms with Gasteiger partial charge in [0, 0.05) is 23.8 Å². The Kier molecular flexibility index (Phi) is 5.91. The Bertz CT molecular complexity index is 675. The number of carbonyl (C=O) groups excluding carboxylic acids is 2. The number of rotatable bonds is 4. The second-order valence-corrected chi connectivity index (χ2v) is 7.24. The van der Waals surface area contributed by atoms with Gasteiger partial charge < -0.3 is 20.9 Å². The highest BCUT2D eigenvalue weighted by Gasteiger charge is 2.42. The summed E-state index contributed by atoms with van der Waals surface area (Å²) in [5.41, 5.74) is 1.07. The zero-order chi connectivity index (χ0) is 19.4. The van der Waals surface area contributed by atoms with E-state index in [4.69, 9.17) is 0 Å². The van der Waals surface area contributed by atoms with Crippen LogP contribution in [0.2, 0.25) is 0 Å². The summed E-state index contributed by atoms with van der Waals surface area (Å²) in [5, 5.41) is 10.8. The van der Waals surface area contributed by atoms with Crippen LogP contribution in [0.25, 0.3) is 0 Å². The predicted octanol–water partition coefficient (Wildman–Crippen LogP) is 1.84. The van der Waals surface area contributed by atoms with Crippen LogP contribution in [0.3, 0.4) is 0 Å². The molecule has 7 nitrogen and oxygen atoms in total. The molecule has 0 aliphatic carbocycles. The van der Waals surface area contributed by atoms with Crippen LogP contribution in [0.15, 0.2) is 24.3 Å². The van der Waals surface area contributed by atoms with Crippen molar-refractivity contribution in [3.8, 4) is 0 Å². The molecule has 2 aliphatic heterocycles. The van der Waals surface area contributed by atoms with Gasteiger partial charge in [-0.1, -0.05) is 0 Å². The summed E-state index contributed by atoms with van der Waals surface area (Å²) in [6.45, 7) is 1.43. The minimum absolute atomic E-state index is 0.164. The van der Waals surface area contributed by atoms with Crippen molar-refractivity contribution in [3.63, 3.8) is 0 Å². The topological polar surface area (TPSA) is 85.5 Å². The van der Waals surface area contributed by atoms with Gasteiger partial charge >= 0.3 is 6.03 Å². The summed E-state index contributed by atoms with van der Waals surface area (Å²) in [4.78, 5) is 26.3. The zero-order valence-electron chi connectivity index (χ0n) is 15.2. The summed E-state index contributed by atoms with van der Waals surface area (Å²) in [6.07, 6.45) is 1.34. The number of hydrogen-bond donors (Lipinski definition) is 4. The molecule has 1 aromatic carbocycles. The van der Waals surface area contributed by atoms with Gasteiger partial charge in [0.05, 0.1) is 12.6 Å². The molecule has 4 N–H and O–H groups in total. The van der Waals surface area contributed by atoms with E-state index in [9.17, 15) is 18.4 Å². The fourth-order valence-electron chi connectivity index (χ4n) is 3.27. The molecule has 2 saturated heterocycles. The highest BCUT2D eigenvalue weighted by atomic mass is 19.3. The molecule has 3 rings (SSSR count). The average Bonchev–Trinajstić information content (AvgIpc) is 2.99. The van der Waals surface area contributed by atoms with E-state index in [1.165, 1.54) is 0 Å². The number of piperidine rings is 1. The van der Waals surface area contributed by atoms with Crippen molar-refractivity contribution in [2.24, 2.45) is 0 Å². The second-order valence-electron chi connectivity index (χ2n) is 7.24. The van der Waals surface area contributed by atoms with Crippen LogP contribution in [-0.2, 0) is 4.79 Å². The van der Waals surface area contributed by atoms with E-state index < -0.39 is 30.8 Å². The van der Waals surface area contributed by atoms with Crippen LogP contribution in [0, 0.1) is 0 Å². The first-order valence-electron chi connectivity index (χ1n) is 9.09. The molecule has 148 valence electrons. The minimum atomic E-state index is -2.85. The Hall–Kier alpha value is -2.26. The van der Waals surface area contributed by atoms with Gasteiger partial charge in [0.25, 0.3) is 5.92 Å². The summed E-state index contributed by atoms with van der Waals surface area (Å²) in [5.74, 6) is -3.34. The molecule has 0 saturated carbocycles. The van der Waals surface area contributed by atoms with E-state index in [1.54, 1.807) is 24.3 Å². The molecule has 3 amide bonds. The molecular formula is C18H25F2N5O2. The Morgan fingerprint density at radius 2 is 1.70 bits per heavy atom. The largest absolute Gasteiger partial charge is 0.335 e. The predicted molar refractivity (Wildman–Crippen MR) is 99.1 cm³/mol. The van der Waals surface area contributed by atoms with E-state index in [0.29, 0.717) is 11.4 Å². The minimum Gasteiger partial charge on any atom is -0.335 e. The smallest absolute Gasteiger partial charge is 0.319 e. The molecular weight excluding hydrogens is 356 g/mol. The van der Waals surface area contributed by atoms with Gasteiger partial charge in [-0.2, -0.15) is 0 Å². The van der Waals surface area contributed by atoms with E-state index in [-0.39, 0.29) is 12.1 Å². The first-order chi connectivity index (χ1) is 12.8. The Labute approximate surface area is 156 Å². The normalized spacial score (nSPS) is 23.0. The fraction of sp³-hybridized carbons (Fsp3) is 0.556. The summed E-state index contributed by atoms with van der Waals surface area (Å²) in [6, 6.07) is 5.54. The van der Waals surface area contributed by atoms with E-state index in [1.807, 2.05) is 0 Å². The number of urea groups is 1. The van der Waals surface area contributed by atoms with E-state index >= 15 is 0 Å². The maximum Gasteiger partial charge on any atom is 0.319 e.